The standard InChI is InChI=1S/C19H21N5O2/c1-11(2)17-20-21-18(26-17)16-10-13-7-5-6-8-15(13)24(16)19(25)14-9-12(3)23(4)22-14/h5-9,11,16H,10H2,1-4H3. The lowest BCUT2D eigenvalue weighted by Crippen LogP contribution is -2.32. The normalized spacial score (nSPS) is 16.3. The Hall–Kier alpha value is -2.96. The smallest absolute Gasteiger partial charge is 0.279 e. The minimum Gasteiger partial charge on any atom is -0.423 e. The number of aromatic nitrogens is 4. The summed E-state index contributed by atoms with van der Waals surface area (Å²) < 4.78 is 7.57. The predicted molar refractivity (Wildman–Crippen MR) is 96.0 cm³/mol. The van der Waals surface area contributed by atoms with E-state index < -0.39 is 0 Å². The SMILES string of the molecule is Cc1cc(C(=O)N2c3ccccc3CC2c2nnc(C(C)C)o2)nn1C. The van der Waals surface area contributed by atoms with Crippen LogP contribution in [-0.4, -0.2) is 25.9 Å². The summed E-state index contributed by atoms with van der Waals surface area (Å²) in [5.41, 5.74) is 3.30. The van der Waals surface area contributed by atoms with E-state index in [2.05, 4.69) is 15.3 Å². The van der Waals surface area contributed by atoms with Crippen molar-refractivity contribution in [2.75, 3.05) is 4.90 Å². The van der Waals surface area contributed by atoms with Crippen molar-refractivity contribution in [2.45, 2.75) is 39.2 Å². The maximum absolute atomic E-state index is 13.3. The molecule has 0 saturated carbocycles. The van der Waals surface area contributed by atoms with Gasteiger partial charge in [-0.15, -0.1) is 10.2 Å². The molecule has 0 radical (unpaired) electrons. The number of aryl methyl sites for hydroxylation is 2. The molecule has 0 N–H and O–H groups in total. The van der Waals surface area contributed by atoms with Gasteiger partial charge in [-0.05, 0) is 24.6 Å². The van der Waals surface area contributed by atoms with Crippen LogP contribution in [0, 0.1) is 6.92 Å². The fourth-order valence-electron chi connectivity index (χ4n) is 3.24. The summed E-state index contributed by atoms with van der Waals surface area (Å²) in [5.74, 6) is 1.03. The number of benzene rings is 1. The van der Waals surface area contributed by atoms with Crippen molar-refractivity contribution in [1.29, 1.82) is 0 Å². The van der Waals surface area contributed by atoms with Crippen molar-refractivity contribution in [1.82, 2.24) is 20.0 Å². The van der Waals surface area contributed by atoms with Crippen LogP contribution in [0.2, 0.25) is 0 Å². The molecule has 0 fully saturated rings. The second kappa shape index (κ2) is 6.09. The van der Waals surface area contributed by atoms with Gasteiger partial charge in [0.25, 0.3) is 5.91 Å². The Balaban J connectivity index is 1.77. The Morgan fingerprint density at radius 1 is 1.27 bits per heavy atom. The highest BCUT2D eigenvalue weighted by Gasteiger charge is 2.39. The van der Waals surface area contributed by atoms with E-state index >= 15 is 0 Å². The lowest BCUT2D eigenvalue weighted by atomic mass is 10.1. The third-order valence-corrected chi connectivity index (χ3v) is 4.76. The van der Waals surface area contributed by atoms with Gasteiger partial charge in [0, 0.05) is 30.8 Å². The molecule has 3 aromatic rings. The summed E-state index contributed by atoms with van der Waals surface area (Å²) >= 11 is 0. The molecule has 2 aromatic heterocycles. The largest absolute Gasteiger partial charge is 0.423 e. The zero-order valence-electron chi connectivity index (χ0n) is 15.3. The third kappa shape index (κ3) is 2.60. The maximum Gasteiger partial charge on any atom is 0.279 e. The summed E-state index contributed by atoms with van der Waals surface area (Å²) in [4.78, 5) is 15.0. The average Bonchev–Trinajstić information content (AvgIpc) is 3.31. The highest BCUT2D eigenvalue weighted by molar-refractivity contribution is 6.06. The van der Waals surface area contributed by atoms with Gasteiger partial charge in [0.15, 0.2) is 5.69 Å². The molecule has 1 atom stereocenters. The number of amides is 1. The van der Waals surface area contributed by atoms with E-state index in [9.17, 15) is 4.79 Å². The number of para-hydroxylation sites is 1. The molecule has 1 aromatic carbocycles. The molecule has 7 heteroatoms. The summed E-state index contributed by atoms with van der Waals surface area (Å²) in [6.45, 7) is 5.92. The zero-order chi connectivity index (χ0) is 18.4. The lowest BCUT2D eigenvalue weighted by Gasteiger charge is -2.22. The number of hydrogen-bond acceptors (Lipinski definition) is 5. The van der Waals surface area contributed by atoms with Gasteiger partial charge in [-0.25, -0.2) is 0 Å². The second-order valence-corrected chi connectivity index (χ2v) is 6.95. The Morgan fingerprint density at radius 3 is 2.69 bits per heavy atom. The highest BCUT2D eigenvalue weighted by Crippen LogP contribution is 2.41. The monoisotopic (exact) mass is 351 g/mol. The van der Waals surface area contributed by atoms with Gasteiger partial charge in [0.1, 0.15) is 6.04 Å². The molecule has 7 nitrogen and oxygen atoms in total. The van der Waals surface area contributed by atoms with Crippen LogP contribution in [0.4, 0.5) is 5.69 Å². The van der Waals surface area contributed by atoms with Gasteiger partial charge >= 0.3 is 0 Å². The number of anilines is 1. The molecule has 26 heavy (non-hydrogen) atoms. The summed E-state index contributed by atoms with van der Waals surface area (Å²) in [6, 6.07) is 9.36. The second-order valence-electron chi connectivity index (χ2n) is 6.95. The number of nitrogens with zero attached hydrogens (tertiary/aromatic N) is 5. The summed E-state index contributed by atoms with van der Waals surface area (Å²) in [6.07, 6.45) is 0.646. The van der Waals surface area contributed by atoms with E-state index in [4.69, 9.17) is 4.42 Å². The molecular formula is C19H21N5O2. The van der Waals surface area contributed by atoms with Crippen LogP contribution in [0.15, 0.2) is 34.7 Å². The Bertz CT molecular complexity index is 952. The van der Waals surface area contributed by atoms with Crippen molar-refractivity contribution in [3.8, 4) is 0 Å². The van der Waals surface area contributed by atoms with Gasteiger partial charge in [-0.3, -0.25) is 14.4 Å². The topological polar surface area (TPSA) is 77.1 Å². The first kappa shape index (κ1) is 16.5. The molecule has 0 aliphatic carbocycles. The minimum atomic E-state index is -0.317. The van der Waals surface area contributed by atoms with Gasteiger partial charge in [0.05, 0.1) is 0 Å². The van der Waals surface area contributed by atoms with E-state index in [1.165, 1.54) is 0 Å². The molecule has 134 valence electrons. The van der Waals surface area contributed by atoms with E-state index in [0.717, 1.165) is 16.9 Å². The first-order valence-corrected chi connectivity index (χ1v) is 8.71. The van der Waals surface area contributed by atoms with Crippen molar-refractivity contribution in [2.24, 2.45) is 7.05 Å². The van der Waals surface area contributed by atoms with Crippen molar-refractivity contribution >= 4 is 11.6 Å². The Kier molecular flexibility index (Phi) is 3.86. The molecule has 1 aliphatic heterocycles. The molecule has 4 rings (SSSR count). The van der Waals surface area contributed by atoms with Crippen LogP contribution in [0.1, 0.15) is 59.3 Å². The summed E-state index contributed by atoms with van der Waals surface area (Å²) in [5, 5.41) is 12.7. The molecule has 0 spiro atoms. The lowest BCUT2D eigenvalue weighted by molar-refractivity contribution is 0.0970. The number of rotatable bonds is 3. The Labute approximate surface area is 151 Å². The summed E-state index contributed by atoms with van der Waals surface area (Å²) in [7, 11) is 1.83. The maximum atomic E-state index is 13.3. The number of carbonyl (C=O) groups is 1. The first-order chi connectivity index (χ1) is 12.5. The molecular weight excluding hydrogens is 330 g/mol. The first-order valence-electron chi connectivity index (χ1n) is 8.71. The average molecular weight is 351 g/mol. The van der Waals surface area contributed by atoms with Crippen molar-refractivity contribution in [3.05, 3.63) is 59.1 Å². The van der Waals surface area contributed by atoms with E-state index in [1.54, 1.807) is 15.6 Å². The van der Waals surface area contributed by atoms with E-state index in [0.29, 0.717) is 23.9 Å². The third-order valence-electron chi connectivity index (χ3n) is 4.76. The molecule has 1 unspecified atom stereocenters. The predicted octanol–water partition coefficient (Wildman–Crippen LogP) is 3.18. The molecule has 0 bridgehead atoms. The van der Waals surface area contributed by atoms with Crippen molar-refractivity contribution < 1.29 is 9.21 Å². The van der Waals surface area contributed by atoms with Crippen LogP contribution in [0.3, 0.4) is 0 Å². The molecule has 0 saturated heterocycles. The minimum absolute atomic E-state index is 0.141. The van der Waals surface area contributed by atoms with Crippen molar-refractivity contribution in [3.63, 3.8) is 0 Å². The number of carbonyl (C=O) groups excluding carboxylic acids is 1. The quantitative estimate of drug-likeness (QED) is 0.724. The van der Waals surface area contributed by atoms with Crippen LogP contribution < -0.4 is 4.90 Å². The molecule has 3 heterocycles. The van der Waals surface area contributed by atoms with Gasteiger partial charge < -0.3 is 4.42 Å². The molecule has 1 amide bonds. The van der Waals surface area contributed by atoms with E-state index in [1.807, 2.05) is 52.1 Å². The van der Waals surface area contributed by atoms with E-state index in [-0.39, 0.29) is 17.9 Å². The van der Waals surface area contributed by atoms with Crippen LogP contribution in [0.25, 0.3) is 0 Å². The molecule has 1 aliphatic rings. The number of hydrogen-bond donors (Lipinski definition) is 0. The fourth-order valence-corrected chi connectivity index (χ4v) is 3.24. The fraction of sp³-hybridized carbons (Fsp3) is 0.368. The van der Waals surface area contributed by atoms with Crippen LogP contribution in [-0.2, 0) is 13.5 Å². The van der Waals surface area contributed by atoms with Gasteiger partial charge in [-0.2, -0.15) is 5.10 Å². The van der Waals surface area contributed by atoms with Gasteiger partial charge in [-0.1, -0.05) is 32.0 Å². The van der Waals surface area contributed by atoms with Gasteiger partial charge in [0.2, 0.25) is 11.8 Å². The zero-order valence-corrected chi connectivity index (χ0v) is 15.3. The van der Waals surface area contributed by atoms with Crippen LogP contribution >= 0.6 is 0 Å². The number of fused-ring (bicyclic) bond motifs is 1. The highest BCUT2D eigenvalue weighted by atomic mass is 16.4. The van der Waals surface area contributed by atoms with Crippen LogP contribution in [0.5, 0.6) is 0 Å². The Morgan fingerprint density at radius 2 is 2.04 bits per heavy atom.